The molecule has 1 aliphatic heterocycles. The minimum atomic E-state index is -4.84. The van der Waals surface area contributed by atoms with Gasteiger partial charge in [-0.05, 0) is 19.3 Å². The molecule has 2 amide bonds. The van der Waals surface area contributed by atoms with Crippen LogP contribution in [0, 0.1) is 5.92 Å². The van der Waals surface area contributed by atoms with Crippen LogP contribution in [0.25, 0.3) is 11.2 Å². The van der Waals surface area contributed by atoms with Crippen molar-refractivity contribution in [2.75, 3.05) is 58.7 Å². The lowest BCUT2D eigenvalue weighted by Gasteiger charge is -2.42. The highest BCUT2D eigenvalue weighted by Crippen LogP contribution is 2.39. The van der Waals surface area contributed by atoms with Crippen LogP contribution in [0.3, 0.4) is 0 Å². The van der Waals surface area contributed by atoms with Gasteiger partial charge in [0.05, 0.1) is 51.0 Å². The summed E-state index contributed by atoms with van der Waals surface area (Å²) in [7, 11) is -4.84. The summed E-state index contributed by atoms with van der Waals surface area (Å²) in [6.45, 7) is 1.02. The van der Waals surface area contributed by atoms with Crippen molar-refractivity contribution in [1.29, 1.82) is 0 Å². The van der Waals surface area contributed by atoms with Crippen LogP contribution in [-0.2, 0) is 42.4 Å². The van der Waals surface area contributed by atoms with Crippen LogP contribution in [0.1, 0.15) is 38.8 Å². The number of aromatic nitrogens is 4. The fourth-order valence-electron chi connectivity index (χ4n) is 5.93. The number of phosphoric acid groups is 1. The maximum atomic E-state index is 12.2. The first kappa shape index (κ1) is 41.8. The number of carbonyl (C=O) groups is 2. The lowest BCUT2D eigenvalue weighted by molar-refractivity contribution is -0.143. The molecule has 2 aliphatic rings. The lowest BCUT2D eigenvalue weighted by atomic mass is 9.79. The van der Waals surface area contributed by atoms with Gasteiger partial charge in [0, 0.05) is 39.0 Å². The number of aliphatic hydroxyl groups excluding tert-OH is 4. The number of nitrogens with zero attached hydrogens (tertiary/aromatic N) is 4. The summed E-state index contributed by atoms with van der Waals surface area (Å²) in [5, 5.41) is 46.3. The van der Waals surface area contributed by atoms with E-state index in [4.69, 9.17) is 39.2 Å². The number of rotatable bonds is 21. The summed E-state index contributed by atoms with van der Waals surface area (Å²) in [5.41, 5.74) is 6.42. The number of nitrogen functional groups attached to an aromatic ring is 1. The SMILES string of the molecule is CC(=O)N[C@@H]1[C@@H](O)[C@@H](O)[C@@H](CO)C[C@H]1OCCCCC(=O)NCCOCCOCO[C@@H]1[C@H](O)[C@@H](COP(=O)(O)O)O[C@H]1n1cnc2c(N)ncnc21. The zero-order valence-electron chi connectivity index (χ0n) is 28.5. The molecule has 0 radical (unpaired) electrons. The van der Waals surface area contributed by atoms with Crippen LogP contribution in [0.5, 0.6) is 0 Å². The number of carbonyl (C=O) groups excluding carboxylic acids is 2. The summed E-state index contributed by atoms with van der Waals surface area (Å²) in [6.07, 6.45) is -3.64. The Bertz CT molecular complexity index is 1480. The van der Waals surface area contributed by atoms with Gasteiger partial charge in [0.2, 0.25) is 11.8 Å². The van der Waals surface area contributed by atoms with E-state index in [0.29, 0.717) is 12.8 Å². The maximum absolute atomic E-state index is 12.2. The first-order valence-electron chi connectivity index (χ1n) is 16.7. The predicted octanol–water partition coefficient (Wildman–Crippen LogP) is -2.94. The van der Waals surface area contributed by atoms with Gasteiger partial charge >= 0.3 is 7.82 Å². The Hall–Kier alpha value is -2.96. The number of hydrogen-bond donors (Lipinski definition) is 9. The van der Waals surface area contributed by atoms with E-state index in [1.807, 2.05) is 0 Å². The minimum Gasteiger partial charge on any atom is -0.396 e. The van der Waals surface area contributed by atoms with Gasteiger partial charge in [-0.25, -0.2) is 19.5 Å². The molecule has 1 saturated heterocycles. The number of imidazole rings is 1. The molecular weight excluding hydrogens is 717 g/mol. The summed E-state index contributed by atoms with van der Waals surface area (Å²) < 4.78 is 45.5. The predicted molar refractivity (Wildman–Crippen MR) is 176 cm³/mol. The van der Waals surface area contributed by atoms with Gasteiger partial charge in [0.25, 0.3) is 0 Å². The number of phosphoric ester groups is 1. The monoisotopic (exact) mass is 765 g/mol. The molecule has 3 heterocycles. The van der Waals surface area contributed by atoms with Crippen molar-refractivity contribution in [1.82, 2.24) is 30.2 Å². The molecule has 52 heavy (non-hydrogen) atoms. The molecule has 0 bridgehead atoms. The average molecular weight is 766 g/mol. The van der Waals surface area contributed by atoms with E-state index in [1.54, 1.807) is 0 Å². The van der Waals surface area contributed by atoms with Crippen LogP contribution < -0.4 is 16.4 Å². The van der Waals surface area contributed by atoms with Crippen molar-refractivity contribution in [2.24, 2.45) is 5.92 Å². The van der Waals surface area contributed by atoms with Crippen LogP contribution in [-0.4, -0.2) is 157 Å². The molecule has 0 unspecified atom stereocenters. The van der Waals surface area contributed by atoms with Crippen molar-refractivity contribution in [3.8, 4) is 0 Å². The molecule has 23 heteroatoms. The van der Waals surface area contributed by atoms with Crippen LogP contribution in [0.2, 0.25) is 0 Å². The van der Waals surface area contributed by atoms with Crippen molar-refractivity contribution in [2.45, 2.75) is 81.5 Å². The zero-order chi connectivity index (χ0) is 37.8. The minimum absolute atomic E-state index is 0.101. The number of aliphatic hydroxyl groups is 4. The van der Waals surface area contributed by atoms with Crippen molar-refractivity contribution < 1.29 is 72.6 Å². The van der Waals surface area contributed by atoms with E-state index >= 15 is 0 Å². The van der Waals surface area contributed by atoms with E-state index in [0.717, 1.165) is 0 Å². The smallest absolute Gasteiger partial charge is 0.396 e. The highest BCUT2D eigenvalue weighted by molar-refractivity contribution is 7.46. The number of fused-ring (bicyclic) bond motifs is 1. The first-order valence-corrected chi connectivity index (χ1v) is 18.2. The molecule has 2 aromatic rings. The molecule has 10 N–H and O–H groups in total. The Morgan fingerprint density at radius 3 is 2.54 bits per heavy atom. The summed E-state index contributed by atoms with van der Waals surface area (Å²) >= 11 is 0. The second-order valence-corrected chi connectivity index (χ2v) is 13.5. The van der Waals surface area contributed by atoms with Gasteiger partial charge in [0.15, 0.2) is 17.7 Å². The van der Waals surface area contributed by atoms with Gasteiger partial charge in [-0.1, -0.05) is 0 Å². The number of amides is 2. The average Bonchev–Trinajstić information content (AvgIpc) is 3.66. The number of unbranched alkanes of at least 4 members (excludes halogenated alkanes) is 1. The summed E-state index contributed by atoms with van der Waals surface area (Å²) in [4.78, 5) is 54.2. The van der Waals surface area contributed by atoms with Gasteiger partial charge < -0.3 is 70.3 Å². The van der Waals surface area contributed by atoms with E-state index in [1.165, 1.54) is 24.1 Å². The Morgan fingerprint density at radius 2 is 1.81 bits per heavy atom. The molecule has 1 saturated carbocycles. The third kappa shape index (κ3) is 11.8. The second kappa shape index (κ2) is 19.9. The molecule has 4 rings (SSSR count). The number of nitrogens with one attached hydrogen (secondary N) is 2. The van der Waals surface area contributed by atoms with Crippen LogP contribution >= 0.6 is 7.82 Å². The normalized spacial score (nSPS) is 27.9. The van der Waals surface area contributed by atoms with Crippen molar-refractivity contribution in [3.63, 3.8) is 0 Å². The first-order chi connectivity index (χ1) is 24.8. The van der Waals surface area contributed by atoms with E-state index in [-0.39, 0.29) is 88.0 Å². The third-order valence-corrected chi connectivity index (χ3v) is 9.02. The van der Waals surface area contributed by atoms with Crippen molar-refractivity contribution >= 4 is 36.6 Å². The Balaban J connectivity index is 1.09. The second-order valence-electron chi connectivity index (χ2n) is 12.3. The Kier molecular flexibility index (Phi) is 16.0. The highest BCUT2D eigenvalue weighted by atomic mass is 31.2. The van der Waals surface area contributed by atoms with Crippen LogP contribution in [0.4, 0.5) is 5.82 Å². The van der Waals surface area contributed by atoms with Crippen molar-refractivity contribution in [3.05, 3.63) is 12.7 Å². The summed E-state index contributed by atoms with van der Waals surface area (Å²) in [6, 6.07) is -0.817. The number of ether oxygens (including phenoxy) is 5. The molecule has 0 aromatic carbocycles. The summed E-state index contributed by atoms with van der Waals surface area (Å²) in [5.74, 6) is -1.03. The number of anilines is 1. The van der Waals surface area contributed by atoms with Gasteiger partial charge in [-0.2, -0.15) is 0 Å². The molecule has 2 fully saturated rings. The third-order valence-electron chi connectivity index (χ3n) is 8.54. The zero-order valence-corrected chi connectivity index (χ0v) is 29.4. The maximum Gasteiger partial charge on any atom is 0.469 e. The van der Waals surface area contributed by atoms with Gasteiger partial charge in [-0.15, -0.1) is 0 Å². The fraction of sp³-hybridized carbons (Fsp3) is 0.759. The lowest BCUT2D eigenvalue weighted by Crippen LogP contribution is -2.61. The standard InChI is InChI=1S/C29H48N7O15P/c1-16(38)35-21-18(10-17(11-37)23(40)25(21)42)48-6-3-2-4-20(39)31-5-7-46-8-9-47-15-49-26-24(41)19(12-50-52(43,44)45)51-29(26)36-14-34-22-27(30)32-13-33-28(22)36/h13-14,17-19,21,23-26,29,37,40-42H,2-12,15H2,1H3,(H,31,39)(H,35,38)(H2,30,32,33)(H2,43,44,45)/t17-,18-,19-,21+,23+,24-,25-,26-,29-/m1/s1. The van der Waals surface area contributed by atoms with E-state index in [2.05, 4.69) is 30.1 Å². The van der Waals surface area contributed by atoms with Gasteiger partial charge in [-0.3, -0.25) is 18.7 Å². The highest BCUT2D eigenvalue weighted by Gasteiger charge is 2.47. The molecule has 0 spiro atoms. The Labute approximate surface area is 298 Å². The van der Waals surface area contributed by atoms with E-state index in [9.17, 15) is 34.6 Å². The molecule has 2 aromatic heterocycles. The molecule has 22 nitrogen and oxygen atoms in total. The van der Waals surface area contributed by atoms with Crippen LogP contribution in [0.15, 0.2) is 12.7 Å². The number of nitrogens with two attached hydrogens (primary N) is 1. The van der Waals surface area contributed by atoms with E-state index < -0.39 is 69.2 Å². The quantitative estimate of drug-likeness (QED) is 0.0349. The molecular formula is C29H48N7O15P. The topological polar surface area (TPSA) is 322 Å². The molecule has 294 valence electrons. The van der Waals surface area contributed by atoms with Gasteiger partial charge in [0.1, 0.15) is 43.1 Å². The number of hydrogen-bond acceptors (Lipinski definition) is 17. The Morgan fingerprint density at radius 1 is 1.04 bits per heavy atom. The molecule has 9 atom stereocenters. The largest absolute Gasteiger partial charge is 0.469 e. The fourth-order valence-corrected chi connectivity index (χ4v) is 6.27. The molecule has 1 aliphatic carbocycles.